The average Bonchev–Trinajstić information content (AvgIpc) is 2.37. The Balaban J connectivity index is 2.32. The van der Waals surface area contributed by atoms with Crippen molar-refractivity contribution in [2.45, 2.75) is 27.7 Å². The van der Waals surface area contributed by atoms with Gasteiger partial charge in [0.25, 0.3) is 0 Å². The molecule has 1 aromatic carbocycles. The van der Waals surface area contributed by atoms with E-state index in [0.717, 1.165) is 5.56 Å². The normalized spacial score (nSPS) is 11.3. The maximum absolute atomic E-state index is 14.0. The Morgan fingerprint density at radius 1 is 1.19 bits per heavy atom. The third-order valence-electron chi connectivity index (χ3n) is 3.07. The molecule has 0 aliphatic carbocycles. The summed E-state index contributed by atoms with van der Waals surface area (Å²) in [5, 5.41) is 2.75. The van der Waals surface area contributed by atoms with Gasteiger partial charge in [-0.25, -0.2) is 9.37 Å². The monoisotopic (exact) mass is 286 g/mol. The van der Waals surface area contributed by atoms with Crippen molar-refractivity contribution in [1.82, 2.24) is 4.98 Å². The number of aryl methyl sites for hydroxylation is 1. The van der Waals surface area contributed by atoms with Gasteiger partial charge in [0, 0.05) is 11.0 Å². The van der Waals surface area contributed by atoms with Gasteiger partial charge < -0.3 is 5.32 Å². The minimum absolute atomic E-state index is 0.128. The Kier molecular flexibility index (Phi) is 4.07. The third-order valence-corrected chi connectivity index (χ3v) is 3.07. The lowest BCUT2D eigenvalue weighted by Gasteiger charge is -2.17. The molecule has 0 atom stereocenters. The van der Waals surface area contributed by atoms with E-state index in [4.69, 9.17) is 0 Å². The molecule has 3 nitrogen and oxygen atoms in total. The van der Waals surface area contributed by atoms with Crippen molar-refractivity contribution in [1.29, 1.82) is 0 Å². The zero-order valence-electron chi connectivity index (χ0n) is 12.7. The second-order valence-electron chi connectivity index (χ2n) is 6.10. The highest BCUT2D eigenvalue weighted by atomic mass is 19.1. The highest BCUT2D eigenvalue weighted by molar-refractivity contribution is 5.93. The topological polar surface area (TPSA) is 42.0 Å². The standard InChI is InChI=1S/C17H19FN2O/c1-11-8-9-12(13(18)10-11)14-6-5-7-15(19-14)20-16(21)17(2,3)4/h5-10H,1-4H3,(H,19,20,21). The number of hydrogen-bond acceptors (Lipinski definition) is 2. The molecule has 0 saturated heterocycles. The highest BCUT2D eigenvalue weighted by Gasteiger charge is 2.21. The van der Waals surface area contributed by atoms with Crippen molar-refractivity contribution >= 4 is 11.7 Å². The Morgan fingerprint density at radius 2 is 1.90 bits per heavy atom. The minimum atomic E-state index is -0.507. The first-order valence-corrected chi connectivity index (χ1v) is 6.82. The van der Waals surface area contributed by atoms with Crippen molar-refractivity contribution in [3.8, 4) is 11.3 Å². The second kappa shape index (κ2) is 5.64. The quantitative estimate of drug-likeness (QED) is 0.899. The average molecular weight is 286 g/mol. The first kappa shape index (κ1) is 15.2. The number of carbonyl (C=O) groups is 1. The van der Waals surface area contributed by atoms with Crippen molar-refractivity contribution in [2.75, 3.05) is 5.32 Å². The molecule has 0 fully saturated rings. The molecular formula is C17H19FN2O. The van der Waals surface area contributed by atoms with Crippen LogP contribution in [-0.4, -0.2) is 10.9 Å². The van der Waals surface area contributed by atoms with Gasteiger partial charge in [0.1, 0.15) is 11.6 Å². The largest absolute Gasteiger partial charge is 0.310 e. The summed E-state index contributed by atoms with van der Waals surface area (Å²) in [6.07, 6.45) is 0. The van der Waals surface area contributed by atoms with Gasteiger partial charge >= 0.3 is 0 Å². The lowest BCUT2D eigenvalue weighted by Crippen LogP contribution is -2.28. The van der Waals surface area contributed by atoms with Gasteiger partial charge in [-0.15, -0.1) is 0 Å². The molecular weight excluding hydrogens is 267 g/mol. The molecule has 0 bridgehead atoms. The number of benzene rings is 1. The number of rotatable bonds is 2. The van der Waals surface area contributed by atoms with Crippen LogP contribution in [0.5, 0.6) is 0 Å². The number of hydrogen-bond donors (Lipinski definition) is 1. The zero-order chi connectivity index (χ0) is 15.6. The van der Waals surface area contributed by atoms with Crippen LogP contribution < -0.4 is 5.32 Å². The number of carbonyl (C=O) groups excluding carboxylic acids is 1. The van der Waals surface area contributed by atoms with E-state index in [2.05, 4.69) is 10.3 Å². The van der Waals surface area contributed by atoms with Gasteiger partial charge in [-0.1, -0.05) is 32.9 Å². The Labute approximate surface area is 124 Å². The minimum Gasteiger partial charge on any atom is -0.310 e. The van der Waals surface area contributed by atoms with Crippen LogP contribution >= 0.6 is 0 Å². The van der Waals surface area contributed by atoms with Gasteiger partial charge in [-0.3, -0.25) is 4.79 Å². The van der Waals surface area contributed by atoms with Crippen LogP contribution in [0.3, 0.4) is 0 Å². The summed E-state index contributed by atoms with van der Waals surface area (Å²) in [7, 11) is 0. The van der Waals surface area contributed by atoms with E-state index >= 15 is 0 Å². The van der Waals surface area contributed by atoms with E-state index in [1.54, 1.807) is 24.3 Å². The lowest BCUT2D eigenvalue weighted by atomic mass is 9.96. The maximum Gasteiger partial charge on any atom is 0.230 e. The molecule has 0 unspecified atom stereocenters. The Hall–Kier alpha value is -2.23. The summed E-state index contributed by atoms with van der Waals surface area (Å²) < 4.78 is 14.0. The molecule has 1 amide bonds. The van der Waals surface area contributed by atoms with Gasteiger partial charge in [-0.2, -0.15) is 0 Å². The predicted molar refractivity (Wildman–Crippen MR) is 82.5 cm³/mol. The SMILES string of the molecule is Cc1ccc(-c2cccc(NC(=O)C(C)(C)C)n2)c(F)c1. The molecule has 0 spiro atoms. The highest BCUT2D eigenvalue weighted by Crippen LogP contribution is 2.24. The van der Waals surface area contributed by atoms with Crippen molar-refractivity contribution in [3.05, 3.63) is 47.8 Å². The molecule has 21 heavy (non-hydrogen) atoms. The van der Waals surface area contributed by atoms with E-state index < -0.39 is 5.41 Å². The number of aromatic nitrogens is 1. The molecule has 1 N–H and O–H groups in total. The third kappa shape index (κ3) is 3.66. The first-order valence-electron chi connectivity index (χ1n) is 6.82. The molecule has 0 saturated carbocycles. The second-order valence-corrected chi connectivity index (χ2v) is 6.10. The molecule has 1 heterocycles. The van der Waals surface area contributed by atoms with Crippen LogP contribution in [0.4, 0.5) is 10.2 Å². The fourth-order valence-electron chi connectivity index (χ4n) is 1.79. The summed E-state index contributed by atoms with van der Waals surface area (Å²) in [6.45, 7) is 7.31. The summed E-state index contributed by atoms with van der Waals surface area (Å²) in [5.41, 5.74) is 1.27. The van der Waals surface area contributed by atoms with Crippen LogP contribution in [0.1, 0.15) is 26.3 Å². The van der Waals surface area contributed by atoms with Crippen LogP contribution in [0.15, 0.2) is 36.4 Å². The predicted octanol–water partition coefficient (Wildman–Crippen LogP) is 4.18. The van der Waals surface area contributed by atoms with Crippen molar-refractivity contribution in [3.63, 3.8) is 0 Å². The number of nitrogens with zero attached hydrogens (tertiary/aromatic N) is 1. The molecule has 1 aromatic heterocycles. The molecule has 110 valence electrons. The number of halogens is 1. The number of amides is 1. The van der Waals surface area contributed by atoms with E-state index in [1.807, 2.05) is 33.8 Å². The number of anilines is 1. The molecule has 0 radical (unpaired) electrons. The Bertz CT molecular complexity index is 675. The zero-order valence-corrected chi connectivity index (χ0v) is 12.7. The van der Waals surface area contributed by atoms with E-state index in [1.165, 1.54) is 6.07 Å². The van der Waals surface area contributed by atoms with E-state index in [-0.39, 0.29) is 11.7 Å². The van der Waals surface area contributed by atoms with E-state index in [0.29, 0.717) is 17.1 Å². The molecule has 2 aromatic rings. The molecule has 0 aliphatic rings. The van der Waals surface area contributed by atoms with Crippen LogP contribution in [0, 0.1) is 18.2 Å². The first-order chi connectivity index (χ1) is 9.77. The van der Waals surface area contributed by atoms with E-state index in [9.17, 15) is 9.18 Å². The van der Waals surface area contributed by atoms with Gasteiger partial charge in [0.2, 0.25) is 5.91 Å². The lowest BCUT2D eigenvalue weighted by molar-refractivity contribution is -0.123. The summed E-state index contributed by atoms with van der Waals surface area (Å²) in [4.78, 5) is 16.3. The van der Waals surface area contributed by atoms with Crippen LogP contribution in [-0.2, 0) is 4.79 Å². The van der Waals surface area contributed by atoms with Crippen molar-refractivity contribution in [2.24, 2.45) is 5.41 Å². The maximum atomic E-state index is 14.0. The van der Waals surface area contributed by atoms with Crippen molar-refractivity contribution < 1.29 is 9.18 Å². The number of nitrogens with one attached hydrogen (secondary N) is 1. The van der Waals surface area contributed by atoms with Gasteiger partial charge in [0.05, 0.1) is 5.69 Å². The summed E-state index contributed by atoms with van der Waals surface area (Å²) in [6, 6.07) is 10.2. The fraction of sp³-hybridized carbons (Fsp3) is 0.294. The molecule has 2 rings (SSSR count). The molecule has 0 aliphatic heterocycles. The number of pyridine rings is 1. The van der Waals surface area contributed by atoms with Gasteiger partial charge in [0.15, 0.2) is 0 Å². The smallest absolute Gasteiger partial charge is 0.230 e. The Morgan fingerprint density at radius 3 is 2.52 bits per heavy atom. The summed E-state index contributed by atoms with van der Waals surface area (Å²) >= 11 is 0. The van der Waals surface area contributed by atoms with Crippen LogP contribution in [0.25, 0.3) is 11.3 Å². The molecule has 4 heteroatoms. The van der Waals surface area contributed by atoms with Gasteiger partial charge in [-0.05, 0) is 36.8 Å². The van der Waals surface area contributed by atoms with Crippen LogP contribution in [0.2, 0.25) is 0 Å². The fourth-order valence-corrected chi connectivity index (χ4v) is 1.79. The summed E-state index contributed by atoms with van der Waals surface area (Å²) in [5.74, 6) is -0.0225.